The topological polar surface area (TPSA) is 134 Å². The van der Waals surface area contributed by atoms with Crippen molar-refractivity contribution in [3.8, 4) is 5.75 Å². The number of nitro groups is 1. The molecule has 0 unspecified atom stereocenters. The van der Waals surface area contributed by atoms with Crippen molar-refractivity contribution in [2.75, 3.05) is 26.0 Å². The average molecular weight is 373 g/mol. The van der Waals surface area contributed by atoms with Gasteiger partial charge < -0.3 is 20.5 Å². The van der Waals surface area contributed by atoms with Gasteiger partial charge in [0.2, 0.25) is 0 Å². The van der Waals surface area contributed by atoms with Crippen molar-refractivity contribution in [1.29, 1.82) is 0 Å². The van der Waals surface area contributed by atoms with Gasteiger partial charge in [-0.05, 0) is 30.2 Å². The van der Waals surface area contributed by atoms with Gasteiger partial charge in [0, 0.05) is 24.4 Å². The molecule has 0 aliphatic rings. The first-order valence-corrected chi connectivity index (χ1v) is 8.01. The van der Waals surface area contributed by atoms with Crippen LogP contribution in [0.3, 0.4) is 0 Å². The lowest BCUT2D eigenvalue weighted by Crippen LogP contribution is -2.30. The zero-order valence-electron chi connectivity index (χ0n) is 14.6. The molecule has 0 bridgehead atoms. The van der Waals surface area contributed by atoms with Gasteiger partial charge in [-0.1, -0.05) is 12.1 Å². The van der Waals surface area contributed by atoms with Crippen molar-refractivity contribution >= 4 is 23.3 Å². The molecule has 2 rings (SSSR count). The number of nitrogens with zero attached hydrogens (tertiary/aromatic N) is 1. The van der Waals surface area contributed by atoms with Crippen LogP contribution < -0.4 is 15.8 Å². The van der Waals surface area contributed by atoms with Gasteiger partial charge in [0.1, 0.15) is 5.75 Å². The van der Waals surface area contributed by atoms with Crippen LogP contribution in [0.15, 0.2) is 42.5 Å². The van der Waals surface area contributed by atoms with Gasteiger partial charge in [-0.3, -0.25) is 14.9 Å². The third-order valence-corrected chi connectivity index (χ3v) is 3.70. The van der Waals surface area contributed by atoms with Crippen molar-refractivity contribution in [2.45, 2.75) is 6.42 Å². The number of carbonyl (C=O) groups excluding carboxylic acids is 2. The number of rotatable bonds is 8. The Labute approximate surface area is 155 Å². The molecule has 0 saturated heterocycles. The van der Waals surface area contributed by atoms with Crippen LogP contribution in [-0.4, -0.2) is 37.1 Å². The number of nitrogens with two attached hydrogens (primary N) is 1. The molecule has 9 heteroatoms. The van der Waals surface area contributed by atoms with Crippen LogP contribution in [0.1, 0.15) is 15.9 Å². The predicted molar refractivity (Wildman–Crippen MR) is 97.5 cm³/mol. The first kappa shape index (κ1) is 19.7. The lowest BCUT2D eigenvalue weighted by atomic mass is 10.1. The van der Waals surface area contributed by atoms with Crippen molar-refractivity contribution in [3.63, 3.8) is 0 Å². The second-order valence-corrected chi connectivity index (χ2v) is 5.55. The Hall–Kier alpha value is -3.62. The summed E-state index contributed by atoms with van der Waals surface area (Å²) in [4.78, 5) is 33.9. The molecule has 0 radical (unpaired) electrons. The van der Waals surface area contributed by atoms with E-state index in [1.165, 1.54) is 12.1 Å². The number of benzene rings is 2. The third kappa shape index (κ3) is 5.70. The highest BCUT2D eigenvalue weighted by Crippen LogP contribution is 2.20. The van der Waals surface area contributed by atoms with E-state index in [1.54, 1.807) is 7.11 Å². The lowest BCUT2D eigenvalue weighted by Gasteiger charge is -2.08. The van der Waals surface area contributed by atoms with Crippen molar-refractivity contribution < 1.29 is 24.0 Å². The number of hydrogen-bond donors (Lipinski definition) is 2. The van der Waals surface area contributed by atoms with Crippen LogP contribution >= 0.6 is 0 Å². The number of carbonyl (C=O) groups is 2. The molecule has 2 aromatic carbocycles. The molecule has 0 aromatic heterocycles. The van der Waals surface area contributed by atoms with E-state index in [-0.39, 0.29) is 16.9 Å². The predicted octanol–water partition coefficient (Wildman–Crippen LogP) is 1.70. The molecule has 1 amide bonds. The summed E-state index contributed by atoms with van der Waals surface area (Å²) in [5.74, 6) is -0.641. The first-order chi connectivity index (χ1) is 12.9. The Balaban J connectivity index is 1.80. The fraction of sp³-hybridized carbons (Fsp3) is 0.222. The fourth-order valence-corrected chi connectivity index (χ4v) is 2.23. The van der Waals surface area contributed by atoms with E-state index in [0.29, 0.717) is 13.0 Å². The second kappa shape index (κ2) is 9.18. The molecule has 0 spiro atoms. The van der Waals surface area contributed by atoms with Crippen LogP contribution in [0.4, 0.5) is 11.4 Å². The Morgan fingerprint density at radius 2 is 1.89 bits per heavy atom. The van der Waals surface area contributed by atoms with Gasteiger partial charge >= 0.3 is 5.97 Å². The molecule has 0 aliphatic carbocycles. The normalized spacial score (nSPS) is 10.1. The SMILES string of the molecule is COc1ccc(CCNC(=O)COC(=O)c2cc([N+](=O)[O-])ccc2N)cc1. The van der Waals surface area contributed by atoms with Gasteiger partial charge in [0.05, 0.1) is 17.6 Å². The van der Waals surface area contributed by atoms with Gasteiger partial charge in [0.25, 0.3) is 11.6 Å². The third-order valence-electron chi connectivity index (χ3n) is 3.70. The summed E-state index contributed by atoms with van der Waals surface area (Å²) < 4.78 is 9.94. The van der Waals surface area contributed by atoms with Crippen molar-refractivity contribution in [1.82, 2.24) is 5.32 Å². The number of anilines is 1. The maximum absolute atomic E-state index is 12.0. The number of nitrogen functional groups attached to an aromatic ring is 1. The summed E-state index contributed by atoms with van der Waals surface area (Å²) in [5.41, 5.74) is 6.22. The van der Waals surface area contributed by atoms with E-state index in [0.717, 1.165) is 17.4 Å². The Bertz CT molecular complexity index is 835. The first-order valence-electron chi connectivity index (χ1n) is 8.01. The monoisotopic (exact) mass is 373 g/mol. The average Bonchev–Trinajstić information content (AvgIpc) is 2.66. The summed E-state index contributed by atoms with van der Waals surface area (Å²) in [6.45, 7) is -0.148. The van der Waals surface area contributed by atoms with E-state index >= 15 is 0 Å². The minimum absolute atomic E-state index is 0.0329. The van der Waals surface area contributed by atoms with E-state index in [9.17, 15) is 19.7 Å². The fourth-order valence-electron chi connectivity index (χ4n) is 2.23. The molecule has 27 heavy (non-hydrogen) atoms. The zero-order valence-corrected chi connectivity index (χ0v) is 14.6. The maximum Gasteiger partial charge on any atom is 0.341 e. The highest BCUT2D eigenvalue weighted by atomic mass is 16.6. The summed E-state index contributed by atoms with van der Waals surface area (Å²) in [6.07, 6.45) is 0.599. The standard InChI is InChI=1S/C18H19N3O6/c1-26-14-5-2-12(3-6-14)8-9-20-17(22)11-27-18(23)15-10-13(21(24)25)4-7-16(15)19/h2-7,10H,8-9,11,19H2,1H3,(H,20,22). The molecular weight excluding hydrogens is 354 g/mol. The number of nitrogens with one attached hydrogen (secondary N) is 1. The number of non-ortho nitro benzene ring substituents is 1. The largest absolute Gasteiger partial charge is 0.497 e. The van der Waals surface area contributed by atoms with Gasteiger partial charge in [0.15, 0.2) is 6.61 Å². The van der Waals surface area contributed by atoms with Crippen LogP contribution in [0, 0.1) is 10.1 Å². The van der Waals surface area contributed by atoms with Gasteiger partial charge in [-0.2, -0.15) is 0 Å². The smallest absolute Gasteiger partial charge is 0.341 e. The molecule has 3 N–H and O–H groups in total. The summed E-state index contributed by atoms with van der Waals surface area (Å²) in [7, 11) is 1.58. The highest BCUT2D eigenvalue weighted by molar-refractivity contribution is 5.96. The van der Waals surface area contributed by atoms with Crippen LogP contribution in [0.2, 0.25) is 0 Å². The number of nitro benzene ring substituents is 1. The van der Waals surface area contributed by atoms with E-state index in [4.69, 9.17) is 15.2 Å². The molecule has 0 atom stereocenters. The minimum Gasteiger partial charge on any atom is -0.497 e. The van der Waals surface area contributed by atoms with Gasteiger partial charge in [-0.25, -0.2) is 4.79 Å². The van der Waals surface area contributed by atoms with Gasteiger partial charge in [-0.15, -0.1) is 0 Å². The molecule has 2 aromatic rings. The number of esters is 1. The molecule has 0 fully saturated rings. The van der Waals surface area contributed by atoms with Crippen LogP contribution in [0.5, 0.6) is 5.75 Å². The second-order valence-electron chi connectivity index (χ2n) is 5.55. The molecule has 0 saturated carbocycles. The Morgan fingerprint density at radius 3 is 2.52 bits per heavy atom. The summed E-state index contributed by atoms with van der Waals surface area (Å²) in [5, 5.41) is 13.4. The summed E-state index contributed by atoms with van der Waals surface area (Å²) >= 11 is 0. The number of ether oxygens (including phenoxy) is 2. The molecule has 9 nitrogen and oxygen atoms in total. The lowest BCUT2D eigenvalue weighted by molar-refractivity contribution is -0.384. The molecule has 142 valence electrons. The van der Waals surface area contributed by atoms with E-state index in [2.05, 4.69) is 5.32 Å². The molecule has 0 heterocycles. The zero-order chi connectivity index (χ0) is 19.8. The Kier molecular flexibility index (Phi) is 6.70. The van der Waals surface area contributed by atoms with Crippen LogP contribution in [0.25, 0.3) is 0 Å². The summed E-state index contributed by atoms with van der Waals surface area (Å²) in [6, 6.07) is 10.8. The quantitative estimate of drug-likeness (QED) is 0.311. The van der Waals surface area contributed by atoms with Crippen LogP contribution in [-0.2, 0) is 16.0 Å². The Morgan fingerprint density at radius 1 is 1.19 bits per heavy atom. The molecule has 0 aliphatic heterocycles. The number of methoxy groups -OCH3 is 1. The van der Waals surface area contributed by atoms with Crippen molar-refractivity contribution in [3.05, 3.63) is 63.7 Å². The highest BCUT2D eigenvalue weighted by Gasteiger charge is 2.17. The van der Waals surface area contributed by atoms with E-state index < -0.39 is 23.4 Å². The van der Waals surface area contributed by atoms with Crippen molar-refractivity contribution in [2.24, 2.45) is 0 Å². The number of hydrogen-bond acceptors (Lipinski definition) is 7. The maximum atomic E-state index is 12.0. The van der Waals surface area contributed by atoms with E-state index in [1.807, 2.05) is 24.3 Å². The number of amides is 1. The minimum atomic E-state index is -0.901. The molecular formula is C18H19N3O6.